The fourth-order valence-electron chi connectivity index (χ4n) is 3.41. The van der Waals surface area contributed by atoms with Gasteiger partial charge in [0.2, 0.25) is 5.91 Å². The molecule has 1 fully saturated rings. The van der Waals surface area contributed by atoms with Crippen LogP contribution >= 0.6 is 34.7 Å². The molecule has 1 unspecified atom stereocenters. The van der Waals surface area contributed by atoms with Gasteiger partial charge >= 0.3 is 0 Å². The van der Waals surface area contributed by atoms with E-state index in [2.05, 4.69) is 4.98 Å². The van der Waals surface area contributed by atoms with Crippen LogP contribution in [0.25, 0.3) is 10.9 Å². The second-order valence-corrected chi connectivity index (χ2v) is 9.95. The number of benzene rings is 1. The Labute approximate surface area is 187 Å². The minimum absolute atomic E-state index is 0.00645. The van der Waals surface area contributed by atoms with Crippen molar-refractivity contribution in [3.05, 3.63) is 56.0 Å². The quantitative estimate of drug-likeness (QED) is 0.391. The number of amides is 1. The van der Waals surface area contributed by atoms with Gasteiger partial charge in [-0.15, -0.1) is 11.3 Å². The summed E-state index contributed by atoms with van der Waals surface area (Å²) in [6, 6.07) is 11.1. The van der Waals surface area contributed by atoms with Crippen LogP contribution in [0.15, 0.2) is 46.3 Å². The Bertz CT molecular complexity index is 1110. The highest BCUT2D eigenvalue weighted by Crippen LogP contribution is 2.24. The lowest BCUT2D eigenvalue weighted by atomic mass is 10.2. The molecule has 30 heavy (non-hydrogen) atoms. The molecule has 1 aliphatic heterocycles. The van der Waals surface area contributed by atoms with E-state index in [9.17, 15) is 9.59 Å². The van der Waals surface area contributed by atoms with Crippen LogP contribution in [0.1, 0.15) is 17.7 Å². The van der Waals surface area contributed by atoms with Gasteiger partial charge < -0.3 is 9.64 Å². The Morgan fingerprint density at radius 2 is 2.20 bits per heavy atom. The number of hydrogen-bond acceptors (Lipinski definition) is 6. The largest absolute Gasteiger partial charge is 0.376 e. The minimum Gasteiger partial charge on any atom is -0.376 e. The summed E-state index contributed by atoms with van der Waals surface area (Å²) in [4.78, 5) is 33.1. The summed E-state index contributed by atoms with van der Waals surface area (Å²) in [5, 5.41) is 1.13. The molecule has 1 saturated heterocycles. The monoisotopic (exact) mass is 463 g/mol. The zero-order valence-corrected chi connectivity index (χ0v) is 18.9. The molecule has 0 spiro atoms. The highest BCUT2D eigenvalue weighted by atomic mass is 35.5. The predicted molar refractivity (Wildman–Crippen MR) is 122 cm³/mol. The molecule has 0 bridgehead atoms. The summed E-state index contributed by atoms with van der Waals surface area (Å²) in [5.74, 6) is 0.168. The molecule has 1 atom stereocenters. The van der Waals surface area contributed by atoms with Crippen LogP contribution in [-0.4, -0.2) is 45.9 Å². The van der Waals surface area contributed by atoms with Gasteiger partial charge in [-0.2, -0.15) is 0 Å². The summed E-state index contributed by atoms with van der Waals surface area (Å²) in [6.45, 7) is 1.68. The van der Waals surface area contributed by atoms with E-state index in [1.807, 2.05) is 30.3 Å². The Morgan fingerprint density at radius 1 is 1.37 bits per heavy atom. The molecule has 1 aromatic carbocycles. The molecule has 1 amide bonds. The Balaban J connectivity index is 1.53. The van der Waals surface area contributed by atoms with E-state index in [1.54, 1.807) is 22.6 Å². The van der Waals surface area contributed by atoms with E-state index in [0.29, 0.717) is 33.5 Å². The molecule has 0 N–H and O–H groups in total. The lowest BCUT2D eigenvalue weighted by Gasteiger charge is -2.18. The number of hydrogen-bond donors (Lipinski definition) is 0. The summed E-state index contributed by atoms with van der Waals surface area (Å²) in [5.41, 5.74) is 0.551. The molecular formula is C21H22ClN3O3S2. The first kappa shape index (κ1) is 21.4. The minimum atomic E-state index is -0.0902. The standard InChI is InChI=1S/C21H22ClN3O3S2/c1-24(12-15-8-9-18(22)30-15)19(26)13-29-21-23-17-7-3-2-6-16(17)20(27)25(21)11-14-5-4-10-28-14/h2-3,6-9,14H,4-5,10-13H2,1H3. The Kier molecular flexibility index (Phi) is 6.77. The number of fused-ring (bicyclic) bond motifs is 1. The van der Waals surface area contributed by atoms with Crippen LogP contribution in [0.4, 0.5) is 0 Å². The highest BCUT2D eigenvalue weighted by Gasteiger charge is 2.21. The summed E-state index contributed by atoms with van der Waals surface area (Å²) in [6.07, 6.45) is 1.93. The number of thioether (sulfide) groups is 1. The van der Waals surface area contributed by atoms with Gasteiger partial charge in [0.25, 0.3) is 5.56 Å². The van der Waals surface area contributed by atoms with Crippen LogP contribution in [0.5, 0.6) is 0 Å². The predicted octanol–water partition coefficient (Wildman–Crippen LogP) is 4.04. The van der Waals surface area contributed by atoms with Crippen LogP contribution in [0.2, 0.25) is 4.34 Å². The van der Waals surface area contributed by atoms with E-state index in [0.717, 1.165) is 24.3 Å². The van der Waals surface area contributed by atoms with Crippen LogP contribution in [0.3, 0.4) is 0 Å². The molecule has 2 aromatic heterocycles. The third-order valence-electron chi connectivity index (χ3n) is 5.01. The number of carbonyl (C=O) groups is 1. The maximum Gasteiger partial charge on any atom is 0.262 e. The number of carbonyl (C=O) groups excluding carboxylic acids is 1. The van der Waals surface area contributed by atoms with Crippen molar-refractivity contribution in [1.29, 1.82) is 0 Å². The fourth-order valence-corrected chi connectivity index (χ4v) is 5.50. The van der Waals surface area contributed by atoms with Gasteiger partial charge in [-0.05, 0) is 37.1 Å². The molecule has 3 heterocycles. The van der Waals surface area contributed by atoms with E-state index in [1.165, 1.54) is 23.1 Å². The number of thiophene rings is 1. The van der Waals surface area contributed by atoms with Crippen LogP contribution in [0, 0.1) is 0 Å². The average molecular weight is 464 g/mol. The van der Waals surface area contributed by atoms with Crippen molar-refractivity contribution in [2.75, 3.05) is 19.4 Å². The lowest BCUT2D eigenvalue weighted by molar-refractivity contribution is -0.127. The SMILES string of the molecule is CN(Cc1ccc(Cl)s1)C(=O)CSc1nc2ccccc2c(=O)n1CC1CCCO1. The number of ether oxygens (including phenoxy) is 1. The van der Waals surface area contributed by atoms with Crippen LogP contribution in [-0.2, 0) is 22.6 Å². The molecule has 0 radical (unpaired) electrons. The first-order valence-corrected chi connectivity index (χ1v) is 11.9. The number of nitrogens with zero attached hydrogens (tertiary/aromatic N) is 3. The van der Waals surface area contributed by atoms with Gasteiger partial charge in [-0.3, -0.25) is 14.2 Å². The van der Waals surface area contributed by atoms with E-state index in [4.69, 9.17) is 16.3 Å². The number of halogens is 1. The summed E-state index contributed by atoms with van der Waals surface area (Å²) < 4.78 is 8.10. The third-order valence-corrected chi connectivity index (χ3v) is 7.19. The molecule has 1 aliphatic rings. The second-order valence-electron chi connectivity index (χ2n) is 7.21. The molecular weight excluding hydrogens is 442 g/mol. The first-order chi connectivity index (χ1) is 14.5. The normalized spacial score (nSPS) is 16.3. The molecule has 0 aliphatic carbocycles. The lowest BCUT2D eigenvalue weighted by Crippen LogP contribution is -2.30. The third kappa shape index (κ3) is 4.88. The molecule has 158 valence electrons. The van der Waals surface area contributed by atoms with Crippen molar-refractivity contribution < 1.29 is 9.53 Å². The highest BCUT2D eigenvalue weighted by molar-refractivity contribution is 7.99. The second kappa shape index (κ2) is 9.51. The van der Waals surface area contributed by atoms with Crippen molar-refractivity contribution in [1.82, 2.24) is 14.5 Å². The van der Waals surface area contributed by atoms with Crippen molar-refractivity contribution in [3.63, 3.8) is 0 Å². The maximum absolute atomic E-state index is 13.1. The zero-order chi connectivity index (χ0) is 21.1. The van der Waals surface area contributed by atoms with Crippen molar-refractivity contribution in [2.45, 2.75) is 37.2 Å². The summed E-state index contributed by atoms with van der Waals surface area (Å²) >= 11 is 8.73. The van der Waals surface area contributed by atoms with Crippen LogP contribution < -0.4 is 5.56 Å². The Morgan fingerprint density at radius 3 is 2.93 bits per heavy atom. The van der Waals surface area contributed by atoms with E-state index in [-0.39, 0.29) is 23.3 Å². The van der Waals surface area contributed by atoms with E-state index < -0.39 is 0 Å². The Hall–Kier alpha value is -1.87. The zero-order valence-electron chi connectivity index (χ0n) is 16.5. The van der Waals surface area contributed by atoms with Gasteiger partial charge in [0.05, 0.1) is 40.2 Å². The number of para-hydroxylation sites is 1. The number of rotatable bonds is 7. The van der Waals surface area contributed by atoms with Gasteiger partial charge in [0, 0.05) is 18.5 Å². The maximum atomic E-state index is 13.1. The first-order valence-electron chi connectivity index (χ1n) is 9.73. The molecule has 3 aromatic rings. The smallest absolute Gasteiger partial charge is 0.262 e. The van der Waals surface area contributed by atoms with Crippen molar-refractivity contribution >= 4 is 51.5 Å². The van der Waals surface area contributed by atoms with Gasteiger partial charge in [-0.1, -0.05) is 35.5 Å². The van der Waals surface area contributed by atoms with Gasteiger partial charge in [-0.25, -0.2) is 4.98 Å². The average Bonchev–Trinajstić information content (AvgIpc) is 3.40. The topological polar surface area (TPSA) is 64.4 Å². The van der Waals surface area contributed by atoms with E-state index >= 15 is 0 Å². The number of aromatic nitrogens is 2. The van der Waals surface area contributed by atoms with Gasteiger partial charge in [0.1, 0.15) is 0 Å². The molecule has 0 saturated carbocycles. The molecule has 6 nitrogen and oxygen atoms in total. The molecule has 4 rings (SSSR count). The fraction of sp³-hybridized carbons (Fsp3) is 0.381. The van der Waals surface area contributed by atoms with Crippen molar-refractivity contribution in [3.8, 4) is 0 Å². The van der Waals surface area contributed by atoms with Gasteiger partial charge in [0.15, 0.2) is 5.16 Å². The molecule has 9 heteroatoms. The van der Waals surface area contributed by atoms with Crippen molar-refractivity contribution in [2.24, 2.45) is 0 Å². The summed E-state index contributed by atoms with van der Waals surface area (Å²) in [7, 11) is 1.77.